The quantitative estimate of drug-likeness (QED) is 0.505. The fraction of sp³-hybridized carbons (Fsp3) is 0. The van der Waals surface area contributed by atoms with Crippen molar-refractivity contribution in [3.8, 4) is 16.9 Å². The molecule has 4 aromatic rings. The third kappa shape index (κ3) is 1.95. The molecular weight excluding hydrogens is 256 g/mol. The molecule has 99 valence electrons. The largest absolute Gasteiger partial charge is 0.507 e. The highest BCUT2D eigenvalue weighted by Gasteiger charge is 2.10. The van der Waals surface area contributed by atoms with Gasteiger partial charge < -0.3 is 5.11 Å². The Labute approximate surface area is 123 Å². The van der Waals surface area contributed by atoms with Gasteiger partial charge in [-0.25, -0.2) is 0 Å². The van der Waals surface area contributed by atoms with Gasteiger partial charge in [-0.15, -0.1) is 0 Å². The molecule has 0 saturated carbocycles. The first kappa shape index (κ1) is 12.0. The van der Waals surface area contributed by atoms with Gasteiger partial charge in [0.1, 0.15) is 5.75 Å². The molecule has 0 aliphatic heterocycles. The van der Waals surface area contributed by atoms with Crippen molar-refractivity contribution in [1.29, 1.82) is 0 Å². The molecule has 1 N–H and O–H groups in total. The maximum atomic E-state index is 10.3. The van der Waals surface area contributed by atoms with E-state index in [9.17, 15) is 5.11 Å². The van der Waals surface area contributed by atoms with Crippen LogP contribution in [-0.4, -0.2) is 5.11 Å². The van der Waals surface area contributed by atoms with Gasteiger partial charge >= 0.3 is 0 Å². The summed E-state index contributed by atoms with van der Waals surface area (Å²) in [6, 6.07) is 27.4. The third-order valence-electron chi connectivity index (χ3n) is 3.84. The first-order valence-electron chi connectivity index (χ1n) is 6.95. The van der Waals surface area contributed by atoms with Crippen LogP contribution in [0.2, 0.25) is 0 Å². The predicted molar refractivity (Wildman–Crippen MR) is 87.4 cm³/mol. The van der Waals surface area contributed by atoms with Gasteiger partial charge in [0.05, 0.1) is 0 Å². The van der Waals surface area contributed by atoms with Crippen molar-refractivity contribution in [2.75, 3.05) is 0 Å². The molecule has 4 rings (SSSR count). The van der Waals surface area contributed by atoms with Crippen LogP contribution in [0, 0.1) is 6.07 Å². The van der Waals surface area contributed by atoms with Crippen LogP contribution in [0.4, 0.5) is 0 Å². The highest BCUT2D eigenvalue weighted by atomic mass is 16.3. The second-order valence-corrected chi connectivity index (χ2v) is 5.14. The maximum Gasteiger partial charge on any atom is 0.124 e. The summed E-state index contributed by atoms with van der Waals surface area (Å²) in [5, 5.41) is 14.7. The highest BCUT2D eigenvalue weighted by Crippen LogP contribution is 2.37. The number of phenolic OH excluding ortho intramolecular Hbond substituents is 1. The van der Waals surface area contributed by atoms with Crippen LogP contribution < -0.4 is 0 Å². The van der Waals surface area contributed by atoms with Gasteiger partial charge in [0.25, 0.3) is 0 Å². The first-order valence-corrected chi connectivity index (χ1v) is 6.95. The summed E-state index contributed by atoms with van der Waals surface area (Å²) in [6.45, 7) is 0. The van der Waals surface area contributed by atoms with Gasteiger partial charge in [0, 0.05) is 5.56 Å². The summed E-state index contributed by atoms with van der Waals surface area (Å²) in [6.07, 6.45) is 0. The molecule has 4 aromatic carbocycles. The summed E-state index contributed by atoms with van der Waals surface area (Å²) in [5.41, 5.74) is 1.77. The van der Waals surface area contributed by atoms with Crippen LogP contribution in [0.1, 0.15) is 0 Å². The average molecular weight is 269 g/mol. The van der Waals surface area contributed by atoms with Gasteiger partial charge in [-0.1, -0.05) is 66.7 Å². The van der Waals surface area contributed by atoms with Gasteiger partial charge in [-0.2, -0.15) is 0 Å². The molecule has 0 aliphatic carbocycles. The zero-order valence-corrected chi connectivity index (χ0v) is 11.4. The van der Waals surface area contributed by atoms with Crippen LogP contribution in [0.5, 0.6) is 5.75 Å². The zero-order valence-electron chi connectivity index (χ0n) is 11.4. The lowest BCUT2D eigenvalue weighted by Gasteiger charge is -2.10. The minimum atomic E-state index is 0.292. The Hall–Kier alpha value is -2.80. The van der Waals surface area contributed by atoms with Crippen molar-refractivity contribution < 1.29 is 5.11 Å². The maximum absolute atomic E-state index is 10.3. The Bertz CT molecular complexity index is 954. The number of rotatable bonds is 1. The Balaban J connectivity index is 2.05. The number of benzene rings is 4. The van der Waals surface area contributed by atoms with E-state index in [1.807, 2.05) is 48.5 Å². The Kier molecular flexibility index (Phi) is 2.65. The molecule has 0 heterocycles. The summed E-state index contributed by atoms with van der Waals surface area (Å²) in [7, 11) is 0. The van der Waals surface area contributed by atoms with E-state index >= 15 is 0 Å². The van der Waals surface area contributed by atoms with Crippen molar-refractivity contribution in [1.82, 2.24) is 0 Å². The minimum absolute atomic E-state index is 0.292. The smallest absolute Gasteiger partial charge is 0.124 e. The van der Waals surface area contributed by atoms with Gasteiger partial charge in [-0.3, -0.25) is 0 Å². The van der Waals surface area contributed by atoms with Crippen molar-refractivity contribution in [3.63, 3.8) is 0 Å². The van der Waals surface area contributed by atoms with Crippen LogP contribution in [0.15, 0.2) is 72.8 Å². The fourth-order valence-electron chi connectivity index (χ4n) is 2.80. The molecule has 0 bridgehead atoms. The van der Waals surface area contributed by atoms with Crippen LogP contribution in [-0.2, 0) is 0 Å². The monoisotopic (exact) mass is 269 g/mol. The predicted octanol–water partition coefficient (Wildman–Crippen LogP) is 5.17. The van der Waals surface area contributed by atoms with Crippen LogP contribution in [0.3, 0.4) is 0 Å². The number of fused-ring (bicyclic) bond motifs is 2. The van der Waals surface area contributed by atoms with Gasteiger partial charge in [0.2, 0.25) is 0 Å². The second-order valence-electron chi connectivity index (χ2n) is 5.14. The van der Waals surface area contributed by atoms with Crippen molar-refractivity contribution in [2.45, 2.75) is 0 Å². The second kappa shape index (κ2) is 4.64. The summed E-state index contributed by atoms with van der Waals surface area (Å²) >= 11 is 0. The van der Waals surface area contributed by atoms with E-state index in [0.717, 1.165) is 32.7 Å². The molecule has 0 saturated heterocycles. The molecule has 0 aromatic heterocycles. The molecule has 21 heavy (non-hydrogen) atoms. The van der Waals surface area contributed by atoms with Crippen LogP contribution >= 0.6 is 0 Å². The summed E-state index contributed by atoms with van der Waals surface area (Å²) < 4.78 is 0. The van der Waals surface area contributed by atoms with Crippen molar-refractivity contribution >= 4 is 21.5 Å². The molecule has 0 unspecified atom stereocenters. The normalized spacial score (nSPS) is 11.0. The molecule has 0 atom stereocenters. The SMILES string of the molecule is Oc1ccc2ccccc2c1-c1[c]c2ccccc2cc1. The Morgan fingerprint density at radius 1 is 0.667 bits per heavy atom. The van der Waals surface area contributed by atoms with E-state index in [2.05, 4.69) is 24.3 Å². The number of aromatic hydroxyl groups is 1. The van der Waals surface area contributed by atoms with E-state index in [4.69, 9.17) is 0 Å². The van der Waals surface area contributed by atoms with Crippen molar-refractivity contribution in [2.24, 2.45) is 0 Å². The molecule has 0 aliphatic rings. The standard InChI is InChI=1S/C20H13O/c21-19-12-11-15-6-3-4-8-18(15)20(19)17-10-9-14-5-1-2-7-16(14)13-17/h1-12,21H. The first-order chi connectivity index (χ1) is 10.3. The van der Waals surface area contributed by atoms with E-state index in [1.165, 1.54) is 0 Å². The average Bonchev–Trinajstić information content (AvgIpc) is 2.54. The lowest BCUT2D eigenvalue weighted by molar-refractivity contribution is 0.478. The highest BCUT2D eigenvalue weighted by molar-refractivity contribution is 6.01. The molecular formula is C20H13O. The lowest BCUT2D eigenvalue weighted by Crippen LogP contribution is -1.84. The van der Waals surface area contributed by atoms with Gasteiger partial charge in [-0.05, 0) is 39.2 Å². The van der Waals surface area contributed by atoms with E-state index in [-0.39, 0.29) is 0 Å². The fourth-order valence-corrected chi connectivity index (χ4v) is 2.80. The number of hydrogen-bond acceptors (Lipinski definition) is 1. The third-order valence-corrected chi connectivity index (χ3v) is 3.84. The molecule has 1 nitrogen and oxygen atoms in total. The van der Waals surface area contributed by atoms with E-state index in [0.29, 0.717) is 5.75 Å². The summed E-state index contributed by atoms with van der Waals surface area (Å²) in [5.74, 6) is 0.292. The number of hydrogen-bond donors (Lipinski definition) is 1. The zero-order chi connectivity index (χ0) is 14.2. The Morgan fingerprint density at radius 3 is 2.29 bits per heavy atom. The topological polar surface area (TPSA) is 20.2 Å². The van der Waals surface area contributed by atoms with Crippen LogP contribution in [0.25, 0.3) is 32.7 Å². The summed E-state index contributed by atoms with van der Waals surface area (Å²) in [4.78, 5) is 0. The minimum Gasteiger partial charge on any atom is -0.507 e. The van der Waals surface area contributed by atoms with Gasteiger partial charge in [0.15, 0.2) is 0 Å². The van der Waals surface area contributed by atoms with Crippen molar-refractivity contribution in [3.05, 3.63) is 78.9 Å². The Morgan fingerprint density at radius 2 is 1.38 bits per heavy atom. The molecule has 1 radical (unpaired) electrons. The molecule has 0 fully saturated rings. The number of phenols is 1. The van der Waals surface area contributed by atoms with E-state index in [1.54, 1.807) is 6.07 Å². The molecule has 0 spiro atoms. The lowest BCUT2D eigenvalue weighted by atomic mass is 9.95. The molecule has 0 amide bonds. The molecule has 1 heteroatoms. The van der Waals surface area contributed by atoms with E-state index < -0.39 is 0 Å².